The first-order valence-electron chi connectivity index (χ1n) is 9.51. The minimum absolute atomic E-state index is 0.315. The van der Waals surface area contributed by atoms with Gasteiger partial charge in [-0.3, -0.25) is 19.3 Å². The van der Waals surface area contributed by atoms with E-state index >= 15 is 0 Å². The number of aromatic nitrogens is 1. The molecule has 2 aromatic carbocycles. The van der Waals surface area contributed by atoms with Gasteiger partial charge in [0.05, 0.1) is 4.91 Å². The number of hydrogen-bond acceptors (Lipinski definition) is 4. The Balaban J connectivity index is 1.55. The van der Waals surface area contributed by atoms with E-state index in [9.17, 15) is 14.4 Å². The molecule has 3 aromatic rings. The van der Waals surface area contributed by atoms with Crippen molar-refractivity contribution in [2.24, 2.45) is 7.05 Å². The quantitative estimate of drug-likeness (QED) is 0.634. The van der Waals surface area contributed by atoms with Gasteiger partial charge in [-0.1, -0.05) is 35.9 Å². The lowest BCUT2D eigenvalue weighted by Crippen LogP contribution is -2.36. The number of benzene rings is 2. The summed E-state index contributed by atoms with van der Waals surface area (Å²) in [5.41, 5.74) is 4.66. The van der Waals surface area contributed by atoms with Crippen LogP contribution in [0.3, 0.4) is 0 Å². The van der Waals surface area contributed by atoms with Gasteiger partial charge in [0.1, 0.15) is 6.54 Å². The third-order valence-electron chi connectivity index (χ3n) is 5.23. The number of fused-ring (bicyclic) bond motifs is 1. The smallest absolute Gasteiger partial charge is 0.294 e. The maximum absolute atomic E-state index is 12.8. The monoisotopic (exact) mass is 419 g/mol. The van der Waals surface area contributed by atoms with Crippen LogP contribution in [-0.2, 0) is 16.6 Å². The van der Waals surface area contributed by atoms with Gasteiger partial charge in [-0.25, -0.2) is 0 Å². The largest absolute Gasteiger partial charge is 0.347 e. The molecule has 1 aliphatic rings. The second-order valence-corrected chi connectivity index (χ2v) is 8.25. The molecule has 0 bridgehead atoms. The Morgan fingerprint density at radius 2 is 1.77 bits per heavy atom. The lowest BCUT2D eigenvalue weighted by Gasteiger charge is -2.12. The molecular weight excluding hydrogens is 398 g/mol. The number of aryl methyl sites for hydroxylation is 2. The van der Waals surface area contributed by atoms with Crippen LogP contribution in [0.15, 0.2) is 53.4 Å². The highest BCUT2D eigenvalue weighted by atomic mass is 32.2. The van der Waals surface area contributed by atoms with Crippen molar-refractivity contribution < 1.29 is 14.4 Å². The molecule has 1 saturated heterocycles. The van der Waals surface area contributed by atoms with Crippen LogP contribution in [0.2, 0.25) is 0 Å². The molecule has 6 nitrogen and oxygen atoms in total. The fourth-order valence-corrected chi connectivity index (χ4v) is 4.30. The van der Waals surface area contributed by atoms with Gasteiger partial charge in [0.25, 0.3) is 11.1 Å². The van der Waals surface area contributed by atoms with Crippen molar-refractivity contribution in [1.29, 1.82) is 0 Å². The summed E-state index contributed by atoms with van der Waals surface area (Å²) >= 11 is 0.863. The number of nitrogens with one attached hydrogen (secondary N) is 1. The third kappa shape index (κ3) is 3.64. The maximum atomic E-state index is 12.8. The number of hydrogen-bond donors (Lipinski definition) is 1. The molecule has 7 heteroatoms. The average Bonchev–Trinajstić information content (AvgIpc) is 3.13. The Hall–Kier alpha value is -3.32. The zero-order valence-electron chi connectivity index (χ0n) is 16.9. The van der Waals surface area contributed by atoms with Crippen LogP contribution in [0.25, 0.3) is 17.0 Å². The second-order valence-electron chi connectivity index (χ2n) is 7.26. The molecule has 2 heterocycles. The lowest BCUT2D eigenvalue weighted by atomic mass is 10.1. The maximum Gasteiger partial charge on any atom is 0.294 e. The van der Waals surface area contributed by atoms with E-state index in [1.54, 1.807) is 18.2 Å². The van der Waals surface area contributed by atoms with Crippen LogP contribution in [0.1, 0.15) is 16.8 Å². The van der Waals surface area contributed by atoms with E-state index in [2.05, 4.69) is 9.88 Å². The van der Waals surface area contributed by atoms with Gasteiger partial charge in [-0.15, -0.1) is 0 Å². The molecule has 30 heavy (non-hydrogen) atoms. The summed E-state index contributed by atoms with van der Waals surface area (Å²) < 4.78 is 2.06. The van der Waals surface area contributed by atoms with Crippen molar-refractivity contribution in [3.63, 3.8) is 0 Å². The van der Waals surface area contributed by atoms with E-state index in [1.807, 2.05) is 57.3 Å². The van der Waals surface area contributed by atoms with E-state index in [1.165, 1.54) is 0 Å². The molecule has 0 atom stereocenters. The fraction of sp³-hybridized carbons (Fsp3) is 0.174. The molecule has 0 spiro atoms. The van der Waals surface area contributed by atoms with Crippen LogP contribution >= 0.6 is 11.8 Å². The van der Waals surface area contributed by atoms with Gasteiger partial charge in [0, 0.05) is 34.9 Å². The van der Waals surface area contributed by atoms with E-state index in [0.717, 1.165) is 44.4 Å². The van der Waals surface area contributed by atoms with Gasteiger partial charge < -0.3 is 9.88 Å². The van der Waals surface area contributed by atoms with Gasteiger partial charge in [-0.05, 0) is 49.9 Å². The summed E-state index contributed by atoms with van der Waals surface area (Å²) in [6.45, 7) is 3.62. The Labute approximate surface area is 178 Å². The minimum Gasteiger partial charge on any atom is -0.347 e. The lowest BCUT2D eigenvalue weighted by molar-refractivity contribution is -0.127. The summed E-state index contributed by atoms with van der Waals surface area (Å²) in [5.74, 6) is -0.861. The van der Waals surface area contributed by atoms with Crippen LogP contribution in [0.5, 0.6) is 0 Å². The normalized spacial score (nSPS) is 15.4. The van der Waals surface area contributed by atoms with E-state index in [-0.39, 0.29) is 6.54 Å². The highest BCUT2D eigenvalue weighted by Gasteiger charge is 2.36. The van der Waals surface area contributed by atoms with Crippen LogP contribution in [0.4, 0.5) is 10.5 Å². The van der Waals surface area contributed by atoms with Crippen molar-refractivity contribution in [2.45, 2.75) is 13.8 Å². The predicted octanol–water partition coefficient (Wildman–Crippen LogP) is 4.47. The molecule has 152 valence electrons. The summed E-state index contributed by atoms with van der Waals surface area (Å²) in [6, 6.07) is 15.2. The van der Waals surface area contributed by atoms with Crippen molar-refractivity contribution in [1.82, 2.24) is 9.47 Å². The van der Waals surface area contributed by atoms with E-state index in [4.69, 9.17) is 0 Å². The van der Waals surface area contributed by atoms with E-state index in [0.29, 0.717) is 10.6 Å². The second kappa shape index (κ2) is 7.84. The van der Waals surface area contributed by atoms with Crippen LogP contribution < -0.4 is 5.32 Å². The fourth-order valence-electron chi connectivity index (χ4n) is 3.48. The van der Waals surface area contributed by atoms with Gasteiger partial charge in [0.15, 0.2) is 0 Å². The van der Waals surface area contributed by atoms with Gasteiger partial charge >= 0.3 is 0 Å². The number of carbonyl (C=O) groups is 3. The number of para-hydroxylation sites is 1. The Morgan fingerprint density at radius 1 is 1.07 bits per heavy atom. The number of amides is 3. The van der Waals surface area contributed by atoms with Crippen molar-refractivity contribution in [2.75, 3.05) is 11.9 Å². The first kappa shape index (κ1) is 20.0. The molecule has 1 N–H and O–H groups in total. The number of rotatable bonds is 4. The SMILES string of the molecule is Cc1ccc(NC(=O)CN2C(=O)S/C(=C\c3c(C)n(C)c4ccccc34)C2=O)cc1. The molecule has 4 rings (SSSR count). The minimum atomic E-state index is -0.448. The molecule has 0 saturated carbocycles. The number of thioether (sulfide) groups is 1. The number of nitrogens with zero attached hydrogens (tertiary/aromatic N) is 2. The molecule has 1 fully saturated rings. The molecule has 1 aliphatic heterocycles. The van der Waals surface area contributed by atoms with Gasteiger partial charge in [-0.2, -0.15) is 0 Å². The van der Waals surface area contributed by atoms with Gasteiger partial charge in [0.2, 0.25) is 5.91 Å². The molecule has 0 unspecified atom stereocenters. The topological polar surface area (TPSA) is 71.4 Å². The summed E-state index contributed by atoms with van der Waals surface area (Å²) in [6.07, 6.45) is 1.75. The van der Waals surface area contributed by atoms with Crippen molar-refractivity contribution >= 4 is 51.5 Å². The summed E-state index contributed by atoms with van der Waals surface area (Å²) in [4.78, 5) is 38.9. The first-order valence-corrected chi connectivity index (χ1v) is 10.3. The number of carbonyl (C=O) groups excluding carboxylic acids is 3. The standard InChI is InChI=1S/C23H21N3O3S/c1-14-8-10-16(11-9-14)24-21(27)13-26-22(28)20(30-23(26)29)12-18-15(2)25(3)19-7-5-4-6-17(18)19/h4-12H,13H2,1-3H3,(H,24,27)/b20-12-. The van der Waals surface area contributed by atoms with E-state index < -0.39 is 17.1 Å². The highest BCUT2D eigenvalue weighted by molar-refractivity contribution is 8.18. The van der Waals surface area contributed by atoms with Crippen molar-refractivity contribution in [3.05, 3.63) is 70.3 Å². The summed E-state index contributed by atoms with van der Waals surface area (Å²) in [7, 11) is 1.97. The number of imide groups is 1. The Bertz CT molecular complexity index is 1210. The van der Waals surface area contributed by atoms with Crippen molar-refractivity contribution in [3.8, 4) is 0 Å². The average molecular weight is 420 g/mol. The molecule has 3 amide bonds. The Morgan fingerprint density at radius 3 is 2.50 bits per heavy atom. The summed E-state index contributed by atoms with van der Waals surface area (Å²) in [5, 5.41) is 3.29. The molecule has 0 radical (unpaired) electrons. The Kier molecular flexibility index (Phi) is 5.22. The van der Waals surface area contributed by atoms with Crippen LogP contribution in [0, 0.1) is 13.8 Å². The highest BCUT2D eigenvalue weighted by Crippen LogP contribution is 2.35. The van der Waals surface area contributed by atoms with Crippen LogP contribution in [-0.4, -0.2) is 33.1 Å². The third-order valence-corrected chi connectivity index (χ3v) is 6.14. The predicted molar refractivity (Wildman–Crippen MR) is 120 cm³/mol. The molecule has 0 aliphatic carbocycles. The molecule has 1 aromatic heterocycles. The first-order chi connectivity index (χ1) is 14.3. The number of anilines is 1. The molecular formula is C23H21N3O3S. The zero-order valence-corrected chi connectivity index (χ0v) is 17.7. The zero-order chi connectivity index (χ0) is 21.4.